The van der Waals surface area contributed by atoms with E-state index in [4.69, 9.17) is 0 Å². The molecule has 8 heavy (non-hydrogen) atoms. The highest BCUT2D eigenvalue weighted by Gasteiger charge is 1.63. The molecule has 0 spiro atoms. The fourth-order valence-corrected chi connectivity index (χ4v) is 0.488. The van der Waals surface area contributed by atoms with Gasteiger partial charge in [-0.15, -0.1) is 10.8 Å². The zero-order chi connectivity index (χ0) is 6.41. The third-order valence-electron chi connectivity index (χ3n) is 0.441. The van der Waals surface area contributed by atoms with Crippen LogP contribution in [0.5, 0.6) is 0 Å². The smallest absolute Gasteiger partial charge is 0.138 e. The molecule has 0 radical (unpaired) electrons. The maximum absolute atomic E-state index is 10.2. The third kappa shape index (κ3) is 3.76. The second-order valence-electron chi connectivity index (χ2n) is 0.932. The summed E-state index contributed by atoms with van der Waals surface area (Å²) in [7, 11) is 0.121. The lowest BCUT2D eigenvalue weighted by Crippen LogP contribution is -2.00. The number of nitrogens with one attached hydrogen (secondary N) is 1. The third-order valence-corrected chi connectivity index (χ3v) is 1.17. The van der Waals surface area contributed by atoms with E-state index in [0.717, 1.165) is 0 Å². The van der Waals surface area contributed by atoms with Crippen molar-refractivity contribution >= 4 is 17.1 Å². The molecular weight excluding hydrogens is 128 g/mol. The van der Waals surface area contributed by atoms with Crippen molar-refractivity contribution in [2.75, 3.05) is 13.6 Å². The van der Waals surface area contributed by atoms with Crippen LogP contribution in [-0.4, -0.2) is 19.9 Å². The van der Waals surface area contributed by atoms with Crippen molar-refractivity contribution < 1.29 is 9.00 Å². The molecule has 0 aromatic carbocycles. The van der Waals surface area contributed by atoms with Gasteiger partial charge in [-0.2, -0.15) is 0 Å². The number of aldehydes is 1. The standard InChI is InChI=1S/C3H7N2O2S/c1-4-8(7)5-2-3-6/h3H,2H2,1H3,(H,4,5,7)/q-1. The summed E-state index contributed by atoms with van der Waals surface area (Å²) in [4.78, 5) is 9.57. The van der Waals surface area contributed by atoms with E-state index in [2.05, 4.69) is 9.08 Å². The first-order chi connectivity index (χ1) is 3.81. The van der Waals surface area contributed by atoms with Gasteiger partial charge < -0.3 is 18.1 Å². The number of hydrogen-bond acceptors (Lipinski definition) is 4. The van der Waals surface area contributed by atoms with Gasteiger partial charge in [0.05, 0.1) is 6.54 Å². The lowest BCUT2D eigenvalue weighted by atomic mass is 10.8. The molecule has 0 saturated heterocycles. The van der Waals surface area contributed by atoms with Gasteiger partial charge in [-0.3, -0.25) is 0 Å². The summed E-state index contributed by atoms with van der Waals surface area (Å²) < 4.78 is 15.9. The maximum Gasteiger partial charge on any atom is 0.138 e. The van der Waals surface area contributed by atoms with Gasteiger partial charge in [0.2, 0.25) is 0 Å². The Kier molecular flexibility index (Phi) is 4.48. The summed E-state index contributed by atoms with van der Waals surface area (Å²) >= 11 is 0. The number of hydrogen-bond donors (Lipinski definition) is 1. The summed E-state index contributed by atoms with van der Waals surface area (Å²) in [6, 6.07) is 0. The van der Waals surface area contributed by atoms with E-state index >= 15 is 0 Å². The zero-order valence-corrected chi connectivity index (χ0v) is 5.27. The van der Waals surface area contributed by atoms with Crippen LogP contribution < -0.4 is 4.72 Å². The predicted molar refractivity (Wildman–Crippen MR) is 30.5 cm³/mol. The summed E-state index contributed by atoms with van der Waals surface area (Å²) in [6.07, 6.45) is 0.592. The SMILES string of the molecule is CN[S-](=O)=NCC=O. The van der Waals surface area contributed by atoms with E-state index < -0.39 is 10.8 Å². The van der Waals surface area contributed by atoms with Crippen LogP contribution in [0.15, 0.2) is 4.36 Å². The molecule has 0 saturated carbocycles. The average molecular weight is 135 g/mol. The van der Waals surface area contributed by atoms with E-state index in [1.165, 1.54) is 7.05 Å². The highest BCUT2D eigenvalue weighted by molar-refractivity contribution is 7.72. The molecular formula is C3H7N2O2S-. The minimum Gasteiger partial charge on any atom is -0.430 e. The molecule has 0 unspecified atom stereocenters. The van der Waals surface area contributed by atoms with Crippen molar-refractivity contribution in [1.29, 1.82) is 0 Å². The molecule has 48 valence electrons. The van der Waals surface area contributed by atoms with Gasteiger partial charge in [0, 0.05) is 0 Å². The first-order valence-electron chi connectivity index (χ1n) is 2.01. The monoisotopic (exact) mass is 135 g/mol. The summed E-state index contributed by atoms with van der Waals surface area (Å²) in [5.74, 6) is 0. The Morgan fingerprint density at radius 3 is 2.88 bits per heavy atom. The van der Waals surface area contributed by atoms with Crippen LogP contribution in [-0.2, 0) is 19.8 Å². The Morgan fingerprint density at radius 2 is 2.50 bits per heavy atom. The first-order valence-corrected chi connectivity index (χ1v) is 3.12. The van der Waals surface area contributed by atoms with E-state index in [-0.39, 0.29) is 6.54 Å². The zero-order valence-electron chi connectivity index (χ0n) is 4.46. The van der Waals surface area contributed by atoms with Crippen molar-refractivity contribution in [3.05, 3.63) is 0 Å². The second kappa shape index (κ2) is 4.73. The van der Waals surface area contributed by atoms with Crippen LogP contribution in [0.1, 0.15) is 0 Å². The van der Waals surface area contributed by atoms with Gasteiger partial charge in [0.1, 0.15) is 6.29 Å². The molecule has 0 amide bonds. The van der Waals surface area contributed by atoms with E-state index in [1.54, 1.807) is 0 Å². The molecule has 0 rings (SSSR count). The van der Waals surface area contributed by atoms with E-state index in [9.17, 15) is 9.00 Å². The minimum absolute atomic E-state index is 0.00650. The quantitative estimate of drug-likeness (QED) is 0.417. The molecule has 0 aliphatic heterocycles. The molecule has 0 atom stereocenters. The van der Waals surface area contributed by atoms with Crippen molar-refractivity contribution in [1.82, 2.24) is 4.72 Å². The van der Waals surface area contributed by atoms with Crippen LogP contribution in [0.4, 0.5) is 0 Å². The van der Waals surface area contributed by atoms with Gasteiger partial charge in [-0.1, -0.05) is 0 Å². The first kappa shape index (κ1) is 7.58. The Balaban J connectivity index is 3.58. The summed E-state index contributed by atoms with van der Waals surface area (Å²) in [5, 5.41) is 0. The van der Waals surface area contributed by atoms with E-state index in [1.807, 2.05) is 0 Å². The molecule has 0 aliphatic carbocycles. The van der Waals surface area contributed by atoms with Crippen molar-refractivity contribution in [2.45, 2.75) is 0 Å². The summed E-state index contributed by atoms with van der Waals surface area (Å²) in [5.41, 5.74) is 0. The topological polar surface area (TPSA) is 58.5 Å². The van der Waals surface area contributed by atoms with Gasteiger partial charge in [-0.25, -0.2) is 0 Å². The lowest BCUT2D eigenvalue weighted by molar-refractivity contribution is -0.106. The van der Waals surface area contributed by atoms with Gasteiger partial charge >= 0.3 is 0 Å². The van der Waals surface area contributed by atoms with Crippen molar-refractivity contribution in [2.24, 2.45) is 4.36 Å². The molecule has 0 aliphatic rings. The number of carbonyl (C=O) groups is 1. The molecule has 0 aromatic rings. The number of carbonyl (C=O) groups excluding carboxylic acids is 1. The lowest BCUT2D eigenvalue weighted by Gasteiger charge is -1.95. The Labute approximate surface area is 49.6 Å². The number of nitrogens with zero attached hydrogens (tertiary/aromatic N) is 1. The van der Waals surface area contributed by atoms with Gasteiger partial charge in [0.15, 0.2) is 0 Å². The predicted octanol–water partition coefficient (Wildman–Crippen LogP) is -0.533. The Bertz CT molecular complexity index is 138. The largest absolute Gasteiger partial charge is 0.430 e. The molecule has 0 aromatic heterocycles. The van der Waals surface area contributed by atoms with Crippen LogP contribution in [0.2, 0.25) is 0 Å². The van der Waals surface area contributed by atoms with Crippen LogP contribution >= 0.6 is 0 Å². The maximum atomic E-state index is 10.2. The average Bonchev–Trinajstić information content (AvgIpc) is 1.83. The van der Waals surface area contributed by atoms with Gasteiger partial charge in [-0.05, 0) is 7.05 Å². The normalized spacial score (nSPS) is 13.6. The fourth-order valence-electron chi connectivity index (χ4n) is 0.163. The molecule has 0 fully saturated rings. The number of rotatable bonds is 3. The van der Waals surface area contributed by atoms with E-state index in [0.29, 0.717) is 6.29 Å². The van der Waals surface area contributed by atoms with Crippen molar-refractivity contribution in [3.63, 3.8) is 0 Å². The molecule has 0 heterocycles. The van der Waals surface area contributed by atoms with Crippen LogP contribution in [0.25, 0.3) is 0 Å². The highest BCUT2D eigenvalue weighted by Crippen LogP contribution is 1.64. The van der Waals surface area contributed by atoms with Crippen LogP contribution in [0.3, 0.4) is 0 Å². The Hall–Kier alpha value is -0.420. The second-order valence-corrected chi connectivity index (χ2v) is 2.10. The van der Waals surface area contributed by atoms with Crippen molar-refractivity contribution in [3.8, 4) is 0 Å². The Morgan fingerprint density at radius 1 is 1.88 bits per heavy atom. The summed E-state index contributed by atoms with van der Waals surface area (Å²) in [6.45, 7) is -0.00650. The molecule has 0 bridgehead atoms. The molecule has 5 heteroatoms. The minimum atomic E-state index is -1.38. The molecule has 1 N–H and O–H groups in total. The van der Waals surface area contributed by atoms with Crippen LogP contribution in [0, 0.1) is 0 Å². The fraction of sp³-hybridized carbons (Fsp3) is 0.667. The highest BCUT2D eigenvalue weighted by atomic mass is 32.2. The van der Waals surface area contributed by atoms with Gasteiger partial charge in [0.25, 0.3) is 0 Å². The molecule has 4 nitrogen and oxygen atoms in total.